The van der Waals surface area contributed by atoms with Crippen LogP contribution in [0.3, 0.4) is 0 Å². The van der Waals surface area contributed by atoms with E-state index < -0.39 is 51.6 Å². The minimum Gasteiger partial charge on any atom is -0.381 e. The zero-order valence-corrected chi connectivity index (χ0v) is 38.2. The highest BCUT2D eigenvalue weighted by atomic mass is 32.2. The molecular weight excluding hydrogens is 799 g/mol. The van der Waals surface area contributed by atoms with Crippen molar-refractivity contribution in [1.82, 2.24) is 34.8 Å². The third-order valence-corrected chi connectivity index (χ3v) is 18.7. The van der Waals surface area contributed by atoms with Crippen LogP contribution in [0.15, 0.2) is 12.7 Å². The van der Waals surface area contributed by atoms with Crippen LogP contribution in [-0.2, 0) is 38.9 Å². The molecule has 4 saturated carbocycles. The van der Waals surface area contributed by atoms with Gasteiger partial charge < -0.3 is 25.6 Å². The van der Waals surface area contributed by atoms with Gasteiger partial charge in [0, 0.05) is 44.2 Å². The molecule has 0 aromatic carbocycles. The van der Waals surface area contributed by atoms with Crippen molar-refractivity contribution in [2.24, 2.45) is 34.0 Å². The number of rotatable bonds is 16. The van der Waals surface area contributed by atoms with Crippen molar-refractivity contribution in [3.8, 4) is 0 Å². The molecule has 0 radical (unpaired) electrons. The van der Waals surface area contributed by atoms with Gasteiger partial charge in [-0.2, -0.15) is 12.7 Å². The van der Waals surface area contributed by atoms with Gasteiger partial charge in [-0.1, -0.05) is 72.8 Å². The molecule has 7 fully saturated rings. The predicted octanol–water partition coefficient (Wildman–Crippen LogP) is 3.40. The van der Waals surface area contributed by atoms with Crippen LogP contribution < -0.4 is 20.7 Å². The molecule has 3 heterocycles. The summed E-state index contributed by atoms with van der Waals surface area (Å²) < 4.78 is 35.5. The van der Waals surface area contributed by atoms with Gasteiger partial charge in [-0.3, -0.25) is 28.9 Å². The Kier molecular flexibility index (Phi) is 13.4. The van der Waals surface area contributed by atoms with Gasteiger partial charge in [0.2, 0.25) is 23.6 Å². The maximum Gasteiger partial charge on any atom is 0.303 e. The number of likely N-dealkylation sites (N-methyl/N-ethyl adjacent to an activating group) is 1. The number of likely N-dealkylation sites (tertiary alicyclic amines) is 2. The zero-order chi connectivity index (χ0) is 44.0. The van der Waals surface area contributed by atoms with Crippen LogP contribution in [0.5, 0.6) is 0 Å². The summed E-state index contributed by atoms with van der Waals surface area (Å²) in [5.74, 6) is -3.01. The largest absolute Gasteiger partial charge is 0.381 e. The molecule has 0 unspecified atom stereocenters. The summed E-state index contributed by atoms with van der Waals surface area (Å²) >= 11 is 0. The SMILES string of the molecule is C=C[C@@H]1C[C@]1(NC(=O)[C@@H]1C[C@@]2(CN1C(=O)[C@@H](NC(=O)[C@@H](NC(=O)[C@@H]1CCCCN1CC)C1CCCCC1)C1CCOCC1)C(C)(C)C21CCC1)C(=O)NS(=O)(=O)N(CC)CC. The van der Waals surface area contributed by atoms with Crippen molar-refractivity contribution >= 4 is 39.7 Å². The fourth-order valence-electron chi connectivity index (χ4n) is 12.9. The molecular formula is C45H73N7O8S. The van der Waals surface area contributed by atoms with E-state index in [1.807, 2.05) is 0 Å². The van der Waals surface area contributed by atoms with E-state index in [-0.39, 0.29) is 71.4 Å². The lowest BCUT2D eigenvalue weighted by Crippen LogP contribution is -2.62. The molecule has 342 valence electrons. The summed E-state index contributed by atoms with van der Waals surface area (Å²) in [5.41, 5.74) is -2.06. The predicted molar refractivity (Wildman–Crippen MR) is 231 cm³/mol. The Labute approximate surface area is 363 Å². The lowest BCUT2D eigenvalue weighted by Gasteiger charge is -2.38. The van der Waals surface area contributed by atoms with E-state index in [0.29, 0.717) is 39.0 Å². The molecule has 7 rings (SSSR count). The molecule has 2 spiro atoms. The van der Waals surface area contributed by atoms with Crippen molar-refractivity contribution in [1.29, 1.82) is 0 Å². The molecule has 0 bridgehead atoms. The molecule has 0 aromatic rings. The first-order valence-electron chi connectivity index (χ1n) is 23.6. The third-order valence-electron chi connectivity index (χ3n) is 17.0. The third kappa shape index (κ3) is 8.06. The van der Waals surface area contributed by atoms with Crippen molar-refractivity contribution in [3.63, 3.8) is 0 Å². The average molecular weight is 872 g/mol. The normalized spacial score (nSPS) is 32.1. The van der Waals surface area contributed by atoms with Crippen LogP contribution in [0, 0.1) is 34.0 Å². The summed E-state index contributed by atoms with van der Waals surface area (Å²) in [4.78, 5) is 76.9. The highest BCUT2D eigenvalue weighted by molar-refractivity contribution is 7.87. The molecule has 61 heavy (non-hydrogen) atoms. The number of carbonyl (C=O) groups is 5. The smallest absolute Gasteiger partial charge is 0.303 e. The summed E-state index contributed by atoms with van der Waals surface area (Å²) in [5, 5.41) is 9.40. The summed E-state index contributed by atoms with van der Waals surface area (Å²) in [7, 11) is -4.18. The first-order valence-corrected chi connectivity index (χ1v) is 25.0. The second kappa shape index (κ2) is 17.8. The van der Waals surface area contributed by atoms with Crippen molar-refractivity contribution < 1.29 is 37.1 Å². The molecule has 5 amide bonds. The fourth-order valence-corrected chi connectivity index (χ4v) is 14.1. The van der Waals surface area contributed by atoms with Gasteiger partial charge in [0.05, 0.1) is 6.04 Å². The Hall–Kier alpha value is -3.08. The molecule has 7 atom stereocenters. The molecule has 15 nitrogen and oxygen atoms in total. The van der Waals surface area contributed by atoms with Gasteiger partial charge in [-0.25, -0.2) is 4.72 Å². The number of nitrogens with zero attached hydrogens (tertiary/aromatic N) is 3. The Morgan fingerprint density at radius 1 is 0.803 bits per heavy atom. The minimum atomic E-state index is -4.18. The monoisotopic (exact) mass is 872 g/mol. The van der Waals surface area contributed by atoms with Gasteiger partial charge in [0.15, 0.2) is 0 Å². The first-order chi connectivity index (χ1) is 29.1. The number of fused-ring (bicyclic) bond motifs is 1. The molecule has 7 aliphatic rings. The molecule has 3 saturated heterocycles. The Balaban J connectivity index is 1.18. The van der Waals surface area contributed by atoms with Crippen LogP contribution in [-0.4, -0.2) is 128 Å². The van der Waals surface area contributed by atoms with Crippen LogP contribution in [0.2, 0.25) is 0 Å². The second-order valence-electron chi connectivity index (χ2n) is 19.8. The molecule has 0 aromatic heterocycles. The fraction of sp³-hybridized carbons (Fsp3) is 0.844. The molecule has 3 aliphatic heterocycles. The molecule has 4 N–H and O–H groups in total. The van der Waals surface area contributed by atoms with Crippen LogP contribution in [0.1, 0.15) is 131 Å². The Bertz CT molecular complexity index is 1810. The number of hydrogen-bond donors (Lipinski definition) is 4. The summed E-state index contributed by atoms with van der Waals surface area (Å²) in [6, 6.07) is -3.03. The Morgan fingerprint density at radius 2 is 1.46 bits per heavy atom. The van der Waals surface area contributed by atoms with Crippen molar-refractivity contribution in [3.05, 3.63) is 12.7 Å². The second-order valence-corrected chi connectivity index (χ2v) is 21.5. The van der Waals surface area contributed by atoms with Crippen molar-refractivity contribution in [2.45, 2.75) is 161 Å². The van der Waals surface area contributed by atoms with Gasteiger partial charge in [0.1, 0.15) is 23.7 Å². The quantitative estimate of drug-likeness (QED) is 0.169. The lowest BCUT2D eigenvalue weighted by atomic mass is 9.73. The van der Waals surface area contributed by atoms with E-state index in [4.69, 9.17) is 4.74 Å². The van der Waals surface area contributed by atoms with Gasteiger partial charge >= 0.3 is 10.2 Å². The number of ether oxygens (including phenoxy) is 1. The van der Waals surface area contributed by atoms with E-state index >= 15 is 4.79 Å². The first kappa shape index (κ1) is 45.9. The maximum atomic E-state index is 15.5. The summed E-state index contributed by atoms with van der Waals surface area (Å²) in [6.45, 7) is 16.9. The number of amides is 5. The number of carbonyl (C=O) groups excluding carboxylic acids is 5. The van der Waals surface area contributed by atoms with Crippen molar-refractivity contribution in [2.75, 3.05) is 45.9 Å². The maximum absolute atomic E-state index is 15.5. The standard InChI is InChI=1S/C45H73N7O8S/c1-7-32-27-45(32,41(57)49-61(58,59)51(9-3)10-4)48-38(54)34-28-44(42(5,6)43(44)22-16-23-43)29-52(34)40(56)36(31-20-25-60-26-21-31)47-39(55)35(30-17-12-11-13-18-30)46-37(53)33-19-14-15-24-50(33)8-2/h7,30-36H,1,8-29H2,2-6H3,(H,46,53)(H,47,55)(H,48,54)(H,49,57)/t32-,33+,34+,35+,36+,44-,45-/m1/s1. The zero-order valence-electron chi connectivity index (χ0n) is 37.4. The number of nitrogens with one attached hydrogen (secondary N) is 4. The Morgan fingerprint density at radius 3 is 2.03 bits per heavy atom. The summed E-state index contributed by atoms with van der Waals surface area (Å²) in [6.07, 6.45) is 13.7. The molecule has 4 aliphatic carbocycles. The van der Waals surface area contributed by atoms with E-state index in [0.717, 1.165) is 88.0 Å². The topological polar surface area (TPSA) is 187 Å². The van der Waals surface area contributed by atoms with Crippen LogP contribution in [0.4, 0.5) is 0 Å². The van der Waals surface area contributed by atoms with Crippen LogP contribution in [0.25, 0.3) is 0 Å². The highest BCUT2D eigenvalue weighted by Gasteiger charge is 2.85. The molecule has 16 heteroatoms. The van der Waals surface area contributed by atoms with E-state index in [9.17, 15) is 27.6 Å². The average Bonchev–Trinajstić information content (AvgIpc) is 3.97. The lowest BCUT2D eigenvalue weighted by molar-refractivity contribution is -0.145. The highest BCUT2D eigenvalue weighted by Crippen LogP contribution is 2.88. The van der Waals surface area contributed by atoms with Gasteiger partial charge in [-0.15, -0.1) is 6.58 Å². The van der Waals surface area contributed by atoms with Crippen LogP contribution >= 0.6 is 0 Å². The number of piperidine rings is 1. The van der Waals surface area contributed by atoms with Gasteiger partial charge in [0.25, 0.3) is 5.91 Å². The minimum absolute atomic E-state index is 0.0248. The number of hydrogen-bond acceptors (Lipinski definition) is 9. The van der Waals surface area contributed by atoms with E-state index in [1.165, 1.54) is 0 Å². The van der Waals surface area contributed by atoms with Gasteiger partial charge in [-0.05, 0) is 100.0 Å². The van der Waals surface area contributed by atoms with E-state index in [2.05, 4.69) is 52.9 Å². The van der Waals surface area contributed by atoms with E-state index in [1.54, 1.807) is 24.8 Å².